The summed E-state index contributed by atoms with van der Waals surface area (Å²) in [6.45, 7) is 0.547. The summed E-state index contributed by atoms with van der Waals surface area (Å²) in [7, 11) is 5.62. The molecule has 1 aromatic heterocycles. The number of benzene rings is 1. The van der Waals surface area contributed by atoms with Gasteiger partial charge in [-0.2, -0.15) is 11.3 Å². The molecule has 0 fully saturated rings. The molecule has 6 heteroatoms. The van der Waals surface area contributed by atoms with E-state index in [4.69, 9.17) is 4.74 Å². The van der Waals surface area contributed by atoms with Gasteiger partial charge in [0, 0.05) is 12.2 Å². The number of rotatable bonds is 6. The second-order valence-electron chi connectivity index (χ2n) is 5.10. The fourth-order valence-electron chi connectivity index (χ4n) is 2.10. The first-order chi connectivity index (χ1) is 10.6. The Bertz CT molecular complexity index is 582. The molecule has 0 aliphatic carbocycles. The topological polar surface area (TPSA) is 53.6 Å². The molecule has 0 aliphatic heterocycles. The lowest BCUT2D eigenvalue weighted by Gasteiger charge is -2.24. The summed E-state index contributed by atoms with van der Waals surface area (Å²) in [4.78, 5) is 14.1. The van der Waals surface area contributed by atoms with Crippen LogP contribution in [0.1, 0.15) is 11.6 Å². The lowest BCUT2D eigenvalue weighted by atomic mass is 10.1. The lowest BCUT2D eigenvalue weighted by molar-refractivity contribution is 0.243. The van der Waals surface area contributed by atoms with Crippen LogP contribution in [0.15, 0.2) is 41.1 Å². The number of carbonyl (C=O) groups excluding carboxylic acids is 1. The molecule has 1 unspecified atom stereocenters. The van der Waals surface area contributed by atoms with Crippen molar-refractivity contribution in [3.63, 3.8) is 0 Å². The number of likely N-dealkylation sites (N-methyl/N-ethyl adjacent to an activating group) is 1. The number of carbonyl (C=O) groups is 1. The third-order valence-electron chi connectivity index (χ3n) is 3.36. The number of nitrogens with one attached hydrogen (secondary N) is 2. The number of thiophene rings is 1. The standard InChI is InChI=1S/C16H21N3O2S/c1-19(2)15(12-8-9-22-11-12)10-17-16(20)18-13-4-6-14(21-3)7-5-13/h4-9,11,15H,10H2,1-3H3,(H2,17,18,20). The average Bonchev–Trinajstić information content (AvgIpc) is 3.02. The minimum Gasteiger partial charge on any atom is -0.497 e. The first-order valence-electron chi connectivity index (χ1n) is 6.97. The Balaban J connectivity index is 1.88. The first-order valence-corrected chi connectivity index (χ1v) is 7.92. The predicted molar refractivity (Wildman–Crippen MR) is 90.8 cm³/mol. The maximum atomic E-state index is 12.0. The highest BCUT2D eigenvalue weighted by molar-refractivity contribution is 7.07. The summed E-state index contributed by atoms with van der Waals surface area (Å²) in [5, 5.41) is 9.87. The number of anilines is 1. The minimum absolute atomic E-state index is 0.160. The van der Waals surface area contributed by atoms with Crippen molar-refractivity contribution in [3.05, 3.63) is 46.7 Å². The number of ether oxygens (including phenoxy) is 1. The van der Waals surface area contributed by atoms with E-state index in [0.29, 0.717) is 6.54 Å². The van der Waals surface area contributed by atoms with Gasteiger partial charge < -0.3 is 20.3 Å². The molecule has 2 aromatic rings. The summed E-state index contributed by atoms with van der Waals surface area (Å²) in [5.74, 6) is 0.760. The van der Waals surface area contributed by atoms with E-state index < -0.39 is 0 Å². The Morgan fingerprint density at radius 2 is 2.00 bits per heavy atom. The number of methoxy groups -OCH3 is 1. The van der Waals surface area contributed by atoms with Crippen molar-refractivity contribution in [1.29, 1.82) is 0 Å². The van der Waals surface area contributed by atoms with Crippen molar-refractivity contribution >= 4 is 23.1 Å². The summed E-state index contributed by atoms with van der Waals surface area (Å²) >= 11 is 1.66. The first kappa shape index (κ1) is 16.3. The zero-order chi connectivity index (χ0) is 15.9. The van der Waals surface area contributed by atoms with Gasteiger partial charge in [-0.05, 0) is 60.8 Å². The molecule has 0 saturated carbocycles. The van der Waals surface area contributed by atoms with E-state index in [0.717, 1.165) is 11.4 Å². The summed E-state index contributed by atoms with van der Waals surface area (Å²) in [6.07, 6.45) is 0. The maximum Gasteiger partial charge on any atom is 0.319 e. The van der Waals surface area contributed by atoms with Gasteiger partial charge in [-0.15, -0.1) is 0 Å². The Hall–Kier alpha value is -2.05. The van der Waals surface area contributed by atoms with Gasteiger partial charge >= 0.3 is 6.03 Å². The van der Waals surface area contributed by atoms with Crippen LogP contribution >= 0.6 is 11.3 Å². The number of nitrogens with zero attached hydrogens (tertiary/aromatic N) is 1. The molecular weight excluding hydrogens is 298 g/mol. The van der Waals surface area contributed by atoms with Crippen molar-refractivity contribution < 1.29 is 9.53 Å². The lowest BCUT2D eigenvalue weighted by Crippen LogP contribution is -2.36. The van der Waals surface area contributed by atoms with Crippen LogP contribution in [0.2, 0.25) is 0 Å². The van der Waals surface area contributed by atoms with Crippen molar-refractivity contribution in [3.8, 4) is 5.75 Å². The number of urea groups is 1. The summed E-state index contributed by atoms with van der Waals surface area (Å²) in [5.41, 5.74) is 1.94. The third kappa shape index (κ3) is 4.47. The Kier molecular flexibility index (Phi) is 5.80. The van der Waals surface area contributed by atoms with E-state index in [-0.39, 0.29) is 12.1 Å². The van der Waals surface area contributed by atoms with Gasteiger partial charge in [0.25, 0.3) is 0 Å². The average molecular weight is 319 g/mol. The molecule has 0 bridgehead atoms. The van der Waals surface area contributed by atoms with E-state index >= 15 is 0 Å². The number of amides is 2. The van der Waals surface area contributed by atoms with Gasteiger partial charge in [-0.3, -0.25) is 0 Å². The van der Waals surface area contributed by atoms with Crippen molar-refractivity contribution in [1.82, 2.24) is 10.2 Å². The normalized spacial score (nSPS) is 12.0. The third-order valence-corrected chi connectivity index (χ3v) is 4.06. The summed E-state index contributed by atoms with van der Waals surface area (Å²) < 4.78 is 5.09. The van der Waals surface area contributed by atoms with Crippen LogP contribution in [0.25, 0.3) is 0 Å². The summed E-state index contributed by atoms with van der Waals surface area (Å²) in [6, 6.07) is 9.26. The van der Waals surface area contributed by atoms with E-state index in [2.05, 4.69) is 27.0 Å². The zero-order valence-corrected chi connectivity index (χ0v) is 13.8. The van der Waals surface area contributed by atoms with Gasteiger partial charge in [0.1, 0.15) is 5.75 Å². The number of hydrogen-bond acceptors (Lipinski definition) is 4. The van der Waals surface area contributed by atoms with Crippen LogP contribution < -0.4 is 15.4 Å². The molecule has 1 atom stereocenters. The minimum atomic E-state index is -0.216. The van der Waals surface area contributed by atoms with Crippen LogP contribution in [-0.4, -0.2) is 38.7 Å². The van der Waals surface area contributed by atoms with Gasteiger partial charge in [-0.1, -0.05) is 0 Å². The second-order valence-corrected chi connectivity index (χ2v) is 5.88. The number of hydrogen-bond donors (Lipinski definition) is 2. The Morgan fingerprint density at radius 3 is 2.55 bits per heavy atom. The van der Waals surface area contributed by atoms with Gasteiger partial charge in [0.05, 0.1) is 13.2 Å². The highest BCUT2D eigenvalue weighted by atomic mass is 32.1. The molecule has 1 heterocycles. The van der Waals surface area contributed by atoms with Crippen LogP contribution in [0, 0.1) is 0 Å². The van der Waals surface area contributed by atoms with E-state index in [9.17, 15) is 4.79 Å². The maximum absolute atomic E-state index is 12.0. The van der Waals surface area contributed by atoms with E-state index in [1.54, 1.807) is 30.6 Å². The van der Waals surface area contributed by atoms with Crippen molar-refractivity contribution in [2.75, 3.05) is 33.1 Å². The molecule has 2 N–H and O–H groups in total. The highest BCUT2D eigenvalue weighted by Crippen LogP contribution is 2.20. The highest BCUT2D eigenvalue weighted by Gasteiger charge is 2.15. The van der Waals surface area contributed by atoms with Crippen LogP contribution in [0.3, 0.4) is 0 Å². The van der Waals surface area contributed by atoms with Crippen LogP contribution in [-0.2, 0) is 0 Å². The molecular formula is C16H21N3O2S. The molecule has 118 valence electrons. The fourth-order valence-corrected chi connectivity index (χ4v) is 2.81. The predicted octanol–water partition coefficient (Wildman–Crippen LogP) is 3.18. The molecule has 0 radical (unpaired) electrons. The van der Waals surface area contributed by atoms with Crippen LogP contribution in [0.4, 0.5) is 10.5 Å². The monoisotopic (exact) mass is 319 g/mol. The zero-order valence-electron chi connectivity index (χ0n) is 13.0. The van der Waals surface area contributed by atoms with Gasteiger partial charge in [0.15, 0.2) is 0 Å². The fraction of sp³-hybridized carbons (Fsp3) is 0.312. The molecule has 0 spiro atoms. The molecule has 0 aliphatic rings. The Labute approximate surface area is 134 Å². The molecule has 2 amide bonds. The van der Waals surface area contributed by atoms with Crippen LogP contribution in [0.5, 0.6) is 5.75 Å². The van der Waals surface area contributed by atoms with Crippen molar-refractivity contribution in [2.45, 2.75) is 6.04 Å². The molecule has 5 nitrogen and oxygen atoms in total. The second kappa shape index (κ2) is 7.82. The quantitative estimate of drug-likeness (QED) is 0.860. The largest absolute Gasteiger partial charge is 0.497 e. The smallest absolute Gasteiger partial charge is 0.319 e. The molecule has 0 saturated heterocycles. The van der Waals surface area contributed by atoms with Gasteiger partial charge in [-0.25, -0.2) is 4.79 Å². The van der Waals surface area contributed by atoms with E-state index in [1.807, 2.05) is 31.6 Å². The molecule has 22 heavy (non-hydrogen) atoms. The molecule has 1 aromatic carbocycles. The van der Waals surface area contributed by atoms with Gasteiger partial charge in [0.2, 0.25) is 0 Å². The molecule has 2 rings (SSSR count). The van der Waals surface area contributed by atoms with E-state index in [1.165, 1.54) is 5.56 Å². The SMILES string of the molecule is COc1ccc(NC(=O)NCC(c2ccsc2)N(C)C)cc1. The van der Waals surface area contributed by atoms with Crippen molar-refractivity contribution in [2.24, 2.45) is 0 Å². The Morgan fingerprint density at radius 1 is 1.27 bits per heavy atom.